The summed E-state index contributed by atoms with van der Waals surface area (Å²) in [4.78, 5) is 13.7. The van der Waals surface area contributed by atoms with E-state index in [-0.39, 0.29) is 6.09 Å². The maximum atomic E-state index is 11.9. The molecule has 0 saturated heterocycles. The van der Waals surface area contributed by atoms with E-state index < -0.39 is 5.60 Å². The highest BCUT2D eigenvalue weighted by Gasteiger charge is 2.20. The summed E-state index contributed by atoms with van der Waals surface area (Å²) in [6.45, 7) is 15.6. The monoisotopic (exact) mass is 286 g/mol. The molecule has 0 rings (SSSR count). The van der Waals surface area contributed by atoms with Crippen LogP contribution in [-0.2, 0) is 4.74 Å². The highest BCUT2D eigenvalue weighted by atomic mass is 16.6. The molecule has 0 heterocycles. The molecular formula is C16H34N2O2. The molecule has 0 saturated carbocycles. The van der Waals surface area contributed by atoms with Crippen molar-refractivity contribution < 1.29 is 9.53 Å². The molecule has 0 aromatic rings. The van der Waals surface area contributed by atoms with Crippen LogP contribution < -0.4 is 5.32 Å². The highest BCUT2D eigenvalue weighted by molar-refractivity contribution is 5.68. The quantitative estimate of drug-likeness (QED) is 0.658. The van der Waals surface area contributed by atoms with Crippen LogP contribution in [0.5, 0.6) is 0 Å². The second kappa shape index (κ2) is 10.0. The molecule has 0 aromatic carbocycles. The van der Waals surface area contributed by atoms with Crippen LogP contribution in [0, 0.1) is 5.92 Å². The van der Waals surface area contributed by atoms with Crippen molar-refractivity contribution in [3.8, 4) is 0 Å². The number of hydrogen-bond acceptors (Lipinski definition) is 3. The van der Waals surface area contributed by atoms with Gasteiger partial charge in [0.25, 0.3) is 0 Å². The van der Waals surface area contributed by atoms with Gasteiger partial charge in [-0.2, -0.15) is 0 Å². The lowest BCUT2D eigenvalue weighted by molar-refractivity contribution is 0.0258. The molecule has 1 N–H and O–H groups in total. The van der Waals surface area contributed by atoms with E-state index in [1.54, 1.807) is 4.90 Å². The fraction of sp³-hybridized carbons (Fsp3) is 0.938. The van der Waals surface area contributed by atoms with Crippen molar-refractivity contribution in [2.24, 2.45) is 5.92 Å². The summed E-state index contributed by atoms with van der Waals surface area (Å²) in [6, 6.07) is 0. The summed E-state index contributed by atoms with van der Waals surface area (Å²) >= 11 is 0. The molecular weight excluding hydrogens is 252 g/mol. The van der Waals surface area contributed by atoms with Crippen molar-refractivity contribution in [3.05, 3.63) is 0 Å². The Morgan fingerprint density at radius 3 is 2.45 bits per heavy atom. The molecule has 0 spiro atoms. The Kier molecular flexibility index (Phi) is 9.64. The van der Waals surface area contributed by atoms with E-state index in [0.717, 1.165) is 32.0 Å². The smallest absolute Gasteiger partial charge is 0.410 e. The maximum absolute atomic E-state index is 11.9. The van der Waals surface area contributed by atoms with Crippen molar-refractivity contribution in [1.29, 1.82) is 0 Å². The van der Waals surface area contributed by atoms with Crippen molar-refractivity contribution >= 4 is 6.09 Å². The molecule has 1 unspecified atom stereocenters. The van der Waals surface area contributed by atoms with E-state index in [1.807, 2.05) is 27.7 Å². The zero-order chi connectivity index (χ0) is 15.6. The van der Waals surface area contributed by atoms with E-state index in [1.165, 1.54) is 12.8 Å². The van der Waals surface area contributed by atoms with Gasteiger partial charge in [-0.15, -0.1) is 0 Å². The number of nitrogens with one attached hydrogen (secondary N) is 1. The SMILES string of the molecule is CCCC(C)CNCCCN(CC)C(=O)OC(C)(C)C. The van der Waals surface area contributed by atoms with Crippen molar-refractivity contribution in [1.82, 2.24) is 10.2 Å². The van der Waals surface area contributed by atoms with Gasteiger partial charge < -0.3 is 15.0 Å². The fourth-order valence-electron chi connectivity index (χ4n) is 2.04. The van der Waals surface area contributed by atoms with Gasteiger partial charge in [0.2, 0.25) is 0 Å². The summed E-state index contributed by atoms with van der Waals surface area (Å²) < 4.78 is 5.38. The zero-order valence-corrected chi connectivity index (χ0v) is 14.3. The van der Waals surface area contributed by atoms with Crippen molar-refractivity contribution in [3.63, 3.8) is 0 Å². The second-order valence-electron chi connectivity index (χ2n) is 6.51. The number of ether oxygens (including phenoxy) is 1. The molecule has 4 heteroatoms. The van der Waals surface area contributed by atoms with Crippen LogP contribution in [0.25, 0.3) is 0 Å². The third kappa shape index (κ3) is 10.1. The van der Waals surface area contributed by atoms with Gasteiger partial charge in [0.1, 0.15) is 5.60 Å². The average molecular weight is 286 g/mol. The molecule has 0 radical (unpaired) electrons. The van der Waals surface area contributed by atoms with Gasteiger partial charge in [0, 0.05) is 13.1 Å². The van der Waals surface area contributed by atoms with Gasteiger partial charge in [-0.25, -0.2) is 4.79 Å². The van der Waals surface area contributed by atoms with E-state index >= 15 is 0 Å². The van der Waals surface area contributed by atoms with Crippen LogP contribution in [0.15, 0.2) is 0 Å². The van der Waals surface area contributed by atoms with Crippen LogP contribution in [-0.4, -0.2) is 42.8 Å². The number of carbonyl (C=O) groups is 1. The van der Waals surface area contributed by atoms with E-state index in [4.69, 9.17) is 4.74 Å². The van der Waals surface area contributed by atoms with Gasteiger partial charge in [-0.3, -0.25) is 0 Å². The predicted molar refractivity (Wildman–Crippen MR) is 85.0 cm³/mol. The van der Waals surface area contributed by atoms with Crippen LogP contribution in [0.1, 0.15) is 60.8 Å². The molecule has 0 aliphatic carbocycles. The molecule has 1 atom stereocenters. The Balaban J connectivity index is 3.82. The lowest BCUT2D eigenvalue weighted by Crippen LogP contribution is -2.38. The molecule has 1 amide bonds. The first-order valence-electron chi connectivity index (χ1n) is 7.98. The normalized spacial score (nSPS) is 13.1. The van der Waals surface area contributed by atoms with Crippen LogP contribution >= 0.6 is 0 Å². The first-order valence-corrected chi connectivity index (χ1v) is 7.98. The minimum absolute atomic E-state index is 0.209. The number of rotatable bonds is 9. The topological polar surface area (TPSA) is 41.6 Å². The van der Waals surface area contributed by atoms with Gasteiger partial charge in [-0.1, -0.05) is 20.3 Å². The Labute approximate surface area is 125 Å². The summed E-state index contributed by atoms with van der Waals surface area (Å²) in [5.41, 5.74) is -0.418. The predicted octanol–water partition coefficient (Wildman–Crippen LogP) is 3.66. The third-order valence-electron chi connectivity index (χ3n) is 3.09. The highest BCUT2D eigenvalue weighted by Crippen LogP contribution is 2.10. The molecule has 4 nitrogen and oxygen atoms in total. The van der Waals surface area contributed by atoms with Crippen molar-refractivity contribution in [2.75, 3.05) is 26.2 Å². The number of carbonyl (C=O) groups excluding carboxylic acids is 1. The summed E-state index contributed by atoms with van der Waals surface area (Å²) in [7, 11) is 0. The van der Waals surface area contributed by atoms with E-state index in [9.17, 15) is 4.79 Å². The molecule has 120 valence electrons. The Morgan fingerprint density at radius 2 is 1.95 bits per heavy atom. The lowest BCUT2D eigenvalue weighted by Gasteiger charge is -2.26. The molecule has 0 aliphatic heterocycles. The summed E-state index contributed by atoms with van der Waals surface area (Å²) in [5, 5.41) is 3.46. The van der Waals surface area contributed by atoms with E-state index in [0.29, 0.717) is 6.54 Å². The summed E-state index contributed by atoms with van der Waals surface area (Å²) in [5.74, 6) is 0.730. The molecule has 0 aliphatic rings. The standard InChI is InChI=1S/C16H34N2O2/c1-7-10-14(3)13-17-11-9-12-18(8-2)15(19)20-16(4,5)6/h14,17H,7-13H2,1-6H3. The number of nitrogens with zero attached hydrogens (tertiary/aromatic N) is 1. The Hall–Kier alpha value is -0.770. The Bertz CT molecular complexity index is 262. The molecule has 0 aromatic heterocycles. The molecule has 0 bridgehead atoms. The van der Waals surface area contributed by atoms with Gasteiger partial charge >= 0.3 is 6.09 Å². The average Bonchev–Trinajstić information content (AvgIpc) is 2.31. The van der Waals surface area contributed by atoms with Crippen LogP contribution in [0.3, 0.4) is 0 Å². The first-order chi connectivity index (χ1) is 9.30. The van der Waals surface area contributed by atoms with Gasteiger partial charge in [0.15, 0.2) is 0 Å². The van der Waals surface area contributed by atoms with Crippen LogP contribution in [0.4, 0.5) is 4.79 Å². The first kappa shape index (κ1) is 19.2. The lowest BCUT2D eigenvalue weighted by atomic mass is 10.1. The van der Waals surface area contributed by atoms with Gasteiger partial charge in [0.05, 0.1) is 0 Å². The summed E-state index contributed by atoms with van der Waals surface area (Å²) in [6.07, 6.45) is 3.27. The second-order valence-corrected chi connectivity index (χ2v) is 6.51. The van der Waals surface area contributed by atoms with Crippen molar-refractivity contribution in [2.45, 2.75) is 66.4 Å². The third-order valence-corrected chi connectivity index (χ3v) is 3.09. The minimum atomic E-state index is -0.418. The van der Waals surface area contributed by atoms with Crippen LogP contribution in [0.2, 0.25) is 0 Å². The fourth-order valence-corrected chi connectivity index (χ4v) is 2.04. The molecule has 20 heavy (non-hydrogen) atoms. The minimum Gasteiger partial charge on any atom is -0.444 e. The number of amides is 1. The maximum Gasteiger partial charge on any atom is 0.410 e. The van der Waals surface area contributed by atoms with Gasteiger partial charge in [-0.05, 0) is 59.5 Å². The zero-order valence-electron chi connectivity index (χ0n) is 14.3. The number of hydrogen-bond donors (Lipinski definition) is 1. The van der Waals surface area contributed by atoms with E-state index in [2.05, 4.69) is 19.2 Å². The largest absolute Gasteiger partial charge is 0.444 e. The Morgan fingerprint density at radius 1 is 1.30 bits per heavy atom. The molecule has 0 fully saturated rings.